The van der Waals surface area contributed by atoms with Gasteiger partial charge in [0.05, 0.1) is 23.4 Å². The van der Waals surface area contributed by atoms with Gasteiger partial charge in [0, 0.05) is 24.0 Å². The van der Waals surface area contributed by atoms with Gasteiger partial charge in [0.2, 0.25) is 0 Å². The Labute approximate surface area is 141 Å². The normalized spacial score (nSPS) is 21.4. The van der Waals surface area contributed by atoms with Gasteiger partial charge < -0.3 is 4.98 Å². The third-order valence-corrected chi connectivity index (χ3v) is 5.53. The molecule has 1 fully saturated rings. The third-order valence-electron chi connectivity index (χ3n) is 5.53. The number of imidazole rings is 1. The van der Waals surface area contributed by atoms with Crippen molar-refractivity contribution in [2.24, 2.45) is 0 Å². The van der Waals surface area contributed by atoms with Gasteiger partial charge in [0.15, 0.2) is 0 Å². The summed E-state index contributed by atoms with van der Waals surface area (Å²) < 4.78 is 1.96. The second-order valence-electron chi connectivity index (χ2n) is 7.08. The highest BCUT2D eigenvalue weighted by Crippen LogP contribution is 2.33. The summed E-state index contributed by atoms with van der Waals surface area (Å²) >= 11 is 0. The highest BCUT2D eigenvalue weighted by Gasteiger charge is 2.30. The van der Waals surface area contributed by atoms with E-state index in [-0.39, 0.29) is 0 Å². The summed E-state index contributed by atoms with van der Waals surface area (Å²) in [7, 11) is 0. The summed E-state index contributed by atoms with van der Waals surface area (Å²) in [4.78, 5) is 11.2. The molecule has 0 radical (unpaired) electrons. The van der Waals surface area contributed by atoms with Crippen molar-refractivity contribution in [3.05, 3.63) is 53.4 Å². The molecule has 2 aliphatic rings. The molecule has 124 valence electrons. The summed E-state index contributed by atoms with van der Waals surface area (Å²) in [6.07, 6.45) is 11.4. The van der Waals surface area contributed by atoms with Crippen molar-refractivity contribution in [3.63, 3.8) is 0 Å². The number of aromatic nitrogens is 4. The predicted molar refractivity (Wildman–Crippen MR) is 92.8 cm³/mol. The quantitative estimate of drug-likeness (QED) is 0.805. The van der Waals surface area contributed by atoms with Gasteiger partial charge in [-0.05, 0) is 57.2 Å². The Morgan fingerprint density at radius 2 is 2.12 bits per heavy atom. The van der Waals surface area contributed by atoms with Gasteiger partial charge in [-0.2, -0.15) is 5.10 Å². The molecule has 3 aromatic heterocycles. The maximum absolute atomic E-state index is 4.96. The fourth-order valence-corrected chi connectivity index (χ4v) is 4.29. The van der Waals surface area contributed by atoms with E-state index in [1.165, 1.54) is 60.4 Å². The molecule has 5 nitrogen and oxygen atoms in total. The molecule has 1 aliphatic heterocycles. The SMILES string of the molecule is c1ccn2ncc(CN3CCC[C@@H]3c3nc4c([nH]3)CCCC4)c2c1. The number of nitrogens with zero attached hydrogens (tertiary/aromatic N) is 4. The lowest BCUT2D eigenvalue weighted by molar-refractivity contribution is 0.241. The van der Waals surface area contributed by atoms with Crippen molar-refractivity contribution in [2.75, 3.05) is 6.54 Å². The Bertz CT molecular complexity index is 838. The van der Waals surface area contributed by atoms with E-state index in [0.29, 0.717) is 6.04 Å². The highest BCUT2D eigenvalue weighted by atomic mass is 15.2. The van der Waals surface area contributed by atoms with E-state index in [4.69, 9.17) is 4.98 Å². The number of fused-ring (bicyclic) bond motifs is 2. The van der Waals surface area contributed by atoms with Gasteiger partial charge in [-0.25, -0.2) is 9.50 Å². The van der Waals surface area contributed by atoms with Gasteiger partial charge in [0.1, 0.15) is 5.82 Å². The molecule has 24 heavy (non-hydrogen) atoms. The van der Waals surface area contributed by atoms with Crippen LogP contribution >= 0.6 is 0 Å². The van der Waals surface area contributed by atoms with Crippen LogP contribution in [-0.2, 0) is 19.4 Å². The average Bonchev–Trinajstić information content (AvgIpc) is 3.33. The van der Waals surface area contributed by atoms with E-state index in [1.807, 2.05) is 23.0 Å². The molecule has 0 spiro atoms. The van der Waals surface area contributed by atoms with Crippen LogP contribution in [0, 0.1) is 0 Å². The number of pyridine rings is 1. The molecule has 5 heteroatoms. The average molecular weight is 321 g/mol. The van der Waals surface area contributed by atoms with Crippen molar-refractivity contribution in [2.45, 2.75) is 51.1 Å². The van der Waals surface area contributed by atoms with Crippen LogP contribution in [0.3, 0.4) is 0 Å². The number of H-pyrrole nitrogens is 1. The lowest BCUT2D eigenvalue weighted by Crippen LogP contribution is -2.23. The molecular formula is C19H23N5. The summed E-state index contributed by atoms with van der Waals surface area (Å²) in [5, 5.41) is 4.48. The fraction of sp³-hybridized carbons (Fsp3) is 0.474. The van der Waals surface area contributed by atoms with Crippen molar-refractivity contribution in [3.8, 4) is 0 Å². The predicted octanol–water partition coefficient (Wildman–Crippen LogP) is 3.27. The highest BCUT2D eigenvalue weighted by molar-refractivity contribution is 5.53. The van der Waals surface area contributed by atoms with Gasteiger partial charge in [-0.3, -0.25) is 4.90 Å². The van der Waals surface area contributed by atoms with Crippen molar-refractivity contribution >= 4 is 5.52 Å². The Hall–Kier alpha value is -2.14. The van der Waals surface area contributed by atoms with Crippen molar-refractivity contribution in [1.82, 2.24) is 24.5 Å². The summed E-state index contributed by atoms with van der Waals surface area (Å²) in [6, 6.07) is 6.69. The summed E-state index contributed by atoms with van der Waals surface area (Å²) in [5.41, 5.74) is 5.22. The number of rotatable bonds is 3. The van der Waals surface area contributed by atoms with E-state index >= 15 is 0 Å². The molecule has 0 saturated carbocycles. The minimum absolute atomic E-state index is 0.425. The van der Waals surface area contributed by atoms with E-state index in [2.05, 4.69) is 27.1 Å². The second kappa shape index (κ2) is 5.74. The zero-order valence-corrected chi connectivity index (χ0v) is 13.9. The molecule has 1 saturated heterocycles. The number of likely N-dealkylation sites (tertiary alicyclic amines) is 1. The lowest BCUT2D eigenvalue weighted by Gasteiger charge is -2.22. The van der Waals surface area contributed by atoms with Crippen LogP contribution in [0.25, 0.3) is 5.52 Å². The van der Waals surface area contributed by atoms with Crippen LogP contribution in [0.2, 0.25) is 0 Å². The first-order chi connectivity index (χ1) is 11.9. The summed E-state index contributed by atoms with van der Waals surface area (Å²) in [6.45, 7) is 2.09. The van der Waals surface area contributed by atoms with E-state index in [1.54, 1.807) is 0 Å². The number of aryl methyl sites for hydroxylation is 2. The molecule has 0 bridgehead atoms. The number of hydrogen-bond donors (Lipinski definition) is 1. The largest absolute Gasteiger partial charge is 0.344 e. The molecule has 0 amide bonds. The van der Waals surface area contributed by atoms with Crippen molar-refractivity contribution in [1.29, 1.82) is 0 Å². The van der Waals surface area contributed by atoms with Crippen LogP contribution < -0.4 is 0 Å². The molecule has 5 rings (SSSR count). The van der Waals surface area contributed by atoms with E-state index in [0.717, 1.165) is 19.5 Å². The zero-order chi connectivity index (χ0) is 15.9. The minimum Gasteiger partial charge on any atom is -0.344 e. The maximum atomic E-state index is 4.96. The Morgan fingerprint density at radius 3 is 3.08 bits per heavy atom. The fourth-order valence-electron chi connectivity index (χ4n) is 4.29. The first-order valence-corrected chi connectivity index (χ1v) is 9.11. The number of aromatic amines is 1. The first kappa shape index (κ1) is 14.2. The van der Waals surface area contributed by atoms with Crippen LogP contribution in [-0.4, -0.2) is 31.0 Å². The molecule has 3 aromatic rings. The van der Waals surface area contributed by atoms with Crippen molar-refractivity contribution < 1.29 is 0 Å². The smallest absolute Gasteiger partial charge is 0.124 e. The Balaban J connectivity index is 1.42. The second-order valence-corrected chi connectivity index (χ2v) is 7.08. The van der Waals surface area contributed by atoms with Crippen LogP contribution in [0.15, 0.2) is 30.6 Å². The molecule has 4 heterocycles. The van der Waals surface area contributed by atoms with Gasteiger partial charge in [-0.1, -0.05) is 6.07 Å². The zero-order valence-electron chi connectivity index (χ0n) is 13.9. The first-order valence-electron chi connectivity index (χ1n) is 9.11. The van der Waals surface area contributed by atoms with Gasteiger partial charge in [0.25, 0.3) is 0 Å². The molecule has 1 aliphatic carbocycles. The summed E-state index contributed by atoms with van der Waals surface area (Å²) in [5.74, 6) is 1.19. The van der Waals surface area contributed by atoms with Crippen LogP contribution in [0.1, 0.15) is 54.5 Å². The van der Waals surface area contributed by atoms with Crippen LogP contribution in [0.4, 0.5) is 0 Å². The van der Waals surface area contributed by atoms with Crippen LogP contribution in [0.5, 0.6) is 0 Å². The number of hydrogen-bond acceptors (Lipinski definition) is 3. The Morgan fingerprint density at radius 1 is 1.17 bits per heavy atom. The minimum atomic E-state index is 0.425. The van der Waals surface area contributed by atoms with E-state index < -0.39 is 0 Å². The van der Waals surface area contributed by atoms with Gasteiger partial charge in [-0.15, -0.1) is 0 Å². The maximum Gasteiger partial charge on any atom is 0.124 e. The standard InChI is InChI=1S/C19H23N5/c1-2-7-16-15(6-1)21-19(22-16)18-9-5-10-23(18)13-14-12-20-24-11-4-3-8-17(14)24/h3-4,8,11-12,18H,1-2,5-7,9-10,13H2,(H,21,22)/t18-/m1/s1. The van der Waals surface area contributed by atoms with Gasteiger partial charge >= 0.3 is 0 Å². The lowest BCUT2D eigenvalue weighted by atomic mass is 10.0. The monoisotopic (exact) mass is 321 g/mol. The Kier molecular flexibility index (Phi) is 3.40. The molecule has 1 N–H and O–H groups in total. The molecule has 0 unspecified atom stereocenters. The molecule has 1 atom stereocenters. The van der Waals surface area contributed by atoms with E-state index in [9.17, 15) is 0 Å². The topological polar surface area (TPSA) is 49.2 Å². The third kappa shape index (κ3) is 2.35. The molecule has 0 aromatic carbocycles. The number of nitrogens with one attached hydrogen (secondary N) is 1. The molecular weight excluding hydrogens is 298 g/mol.